The van der Waals surface area contributed by atoms with Crippen LogP contribution >= 0.6 is 11.3 Å². The topological polar surface area (TPSA) is 119 Å². The highest BCUT2D eigenvalue weighted by Crippen LogP contribution is 2.27. The van der Waals surface area contributed by atoms with Crippen molar-refractivity contribution in [3.63, 3.8) is 0 Å². The molecule has 0 saturated heterocycles. The van der Waals surface area contributed by atoms with E-state index in [1.165, 1.54) is 13.3 Å². The fourth-order valence-corrected chi connectivity index (χ4v) is 3.82. The number of nitrogens with zero attached hydrogens (tertiary/aromatic N) is 2. The van der Waals surface area contributed by atoms with Crippen LogP contribution in [-0.4, -0.2) is 33.9 Å². The molecule has 0 fully saturated rings. The fraction of sp³-hybridized carbons (Fsp3) is 0.250. The average molecular weight is 428 g/mol. The first kappa shape index (κ1) is 21.2. The van der Waals surface area contributed by atoms with E-state index in [1.807, 2.05) is 30.3 Å². The Bertz CT molecular complexity index is 1150. The molecule has 9 nitrogen and oxygen atoms in total. The van der Waals surface area contributed by atoms with Crippen molar-refractivity contribution in [1.29, 1.82) is 0 Å². The van der Waals surface area contributed by atoms with Crippen molar-refractivity contribution in [3.05, 3.63) is 63.0 Å². The third kappa shape index (κ3) is 4.90. The van der Waals surface area contributed by atoms with E-state index in [0.29, 0.717) is 21.7 Å². The predicted molar refractivity (Wildman–Crippen MR) is 111 cm³/mol. The number of ether oxygens (including phenoxy) is 1. The zero-order valence-corrected chi connectivity index (χ0v) is 17.2. The molecular formula is C20H20N4O5S. The molecular weight excluding hydrogens is 408 g/mol. The van der Waals surface area contributed by atoms with Crippen LogP contribution in [0.3, 0.4) is 0 Å². The number of aryl methyl sites for hydroxylation is 1. The van der Waals surface area contributed by atoms with Crippen LogP contribution in [0.15, 0.2) is 41.5 Å². The molecule has 1 aromatic carbocycles. The van der Waals surface area contributed by atoms with Gasteiger partial charge in [-0.1, -0.05) is 30.3 Å². The Labute approximate surface area is 175 Å². The number of esters is 1. The minimum absolute atomic E-state index is 0.220. The summed E-state index contributed by atoms with van der Waals surface area (Å²) < 4.78 is 6.48. The van der Waals surface area contributed by atoms with Crippen LogP contribution in [0.25, 0.3) is 10.2 Å². The van der Waals surface area contributed by atoms with Gasteiger partial charge in [0.1, 0.15) is 16.3 Å². The molecule has 3 aromatic rings. The van der Waals surface area contributed by atoms with Crippen LogP contribution in [0, 0.1) is 6.92 Å². The van der Waals surface area contributed by atoms with E-state index in [2.05, 4.69) is 15.8 Å². The Morgan fingerprint density at radius 3 is 2.60 bits per heavy atom. The highest BCUT2D eigenvalue weighted by atomic mass is 32.1. The van der Waals surface area contributed by atoms with E-state index in [9.17, 15) is 19.2 Å². The predicted octanol–water partition coefficient (Wildman–Crippen LogP) is 1.33. The van der Waals surface area contributed by atoms with E-state index in [0.717, 1.165) is 21.5 Å². The summed E-state index contributed by atoms with van der Waals surface area (Å²) in [6.07, 6.45) is 1.82. The molecule has 2 amide bonds. The van der Waals surface area contributed by atoms with E-state index < -0.39 is 23.3 Å². The van der Waals surface area contributed by atoms with Crippen LogP contribution in [0.5, 0.6) is 0 Å². The minimum Gasteiger partial charge on any atom is -0.461 e. The summed E-state index contributed by atoms with van der Waals surface area (Å²) in [5.41, 5.74) is 5.41. The van der Waals surface area contributed by atoms with Crippen LogP contribution in [0.4, 0.5) is 0 Å². The molecule has 0 spiro atoms. The largest absolute Gasteiger partial charge is 0.461 e. The summed E-state index contributed by atoms with van der Waals surface area (Å²) in [6, 6.07) is 9.65. The number of hydrogen-bond acceptors (Lipinski definition) is 7. The first-order valence-electron chi connectivity index (χ1n) is 9.12. The number of fused-ring (bicyclic) bond motifs is 1. The van der Waals surface area contributed by atoms with Gasteiger partial charge in [0.15, 0.2) is 0 Å². The van der Waals surface area contributed by atoms with Gasteiger partial charge in [-0.2, -0.15) is 0 Å². The molecule has 0 aliphatic rings. The van der Waals surface area contributed by atoms with Crippen LogP contribution in [0.2, 0.25) is 0 Å². The zero-order chi connectivity index (χ0) is 21.7. The summed E-state index contributed by atoms with van der Waals surface area (Å²) in [5.74, 6) is -1.53. The standard InChI is InChI=1S/C20H20N4O5S/c1-12-16-18(21-11-24(19(16)27)10-15(26)23-22-13(2)25)30-17(12)20(28)29-9-8-14-6-4-3-5-7-14/h3-7,11H,8-10H2,1-2H3,(H,22,25)(H,23,26). The number of amides is 2. The second kappa shape index (κ2) is 9.31. The minimum atomic E-state index is -0.582. The van der Waals surface area contributed by atoms with Gasteiger partial charge < -0.3 is 4.74 Å². The highest BCUT2D eigenvalue weighted by Gasteiger charge is 2.21. The normalized spacial score (nSPS) is 10.6. The zero-order valence-electron chi connectivity index (χ0n) is 16.4. The number of nitrogens with one attached hydrogen (secondary N) is 2. The lowest BCUT2D eigenvalue weighted by Crippen LogP contribution is -2.43. The maximum absolute atomic E-state index is 12.8. The van der Waals surface area contributed by atoms with Crippen molar-refractivity contribution in [1.82, 2.24) is 20.4 Å². The number of benzene rings is 1. The molecule has 0 radical (unpaired) electrons. The van der Waals surface area contributed by atoms with Gasteiger partial charge in [0.05, 0.1) is 18.3 Å². The Morgan fingerprint density at radius 1 is 1.17 bits per heavy atom. The number of rotatable bonds is 6. The van der Waals surface area contributed by atoms with Crippen molar-refractivity contribution in [3.8, 4) is 0 Å². The quantitative estimate of drug-likeness (QED) is 0.452. The lowest BCUT2D eigenvalue weighted by Gasteiger charge is -2.07. The second-order valence-electron chi connectivity index (χ2n) is 6.51. The lowest BCUT2D eigenvalue weighted by atomic mass is 10.2. The van der Waals surface area contributed by atoms with Gasteiger partial charge in [-0.25, -0.2) is 9.78 Å². The highest BCUT2D eigenvalue weighted by molar-refractivity contribution is 7.20. The summed E-state index contributed by atoms with van der Waals surface area (Å²) in [4.78, 5) is 52.9. The summed E-state index contributed by atoms with van der Waals surface area (Å²) in [5, 5.41) is 0.268. The third-order valence-corrected chi connectivity index (χ3v) is 5.44. The van der Waals surface area contributed by atoms with Crippen molar-refractivity contribution in [2.24, 2.45) is 0 Å². The Hall–Kier alpha value is -3.53. The molecule has 0 bridgehead atoms. The maximum atomic E-state index is 12.8. The Morgan fingerprint density at radius 2 is 1.90 bits per heavy atom. The molecule has 156 valence electrons. The van der Waals surface area contributed by atoms with E-state index >= 15 is 0 Å². The Balaban J connectivity index is 1.74. The van der Waals surface area contributed by atoms with Crippen molar-refractivity contribution >= 4 is 39.3 Å². The molecule has 2 heterocycles. The summed E-state index contributed by atoms with van der Waals surface area (Å²) in [7, 11) is 0. The molecule has 0 aliphatic carbocycles. The van der Waals surface area contributed by atoms with E-state index in [4.69, 9.17) is 4.74 Å². The van der Waals surface area contributed by atoms with Gasteiger partial charge in [-0.05, 0) is 18.1 Å². The van der Waals surface area contributed by atoms with Gasteiger partial charge >= 0.3 is 5.97 Å². The average Bonchev–Trinajstić information content (AvgIpc) is 3.06. The van der Waals surface area contributed by atoms with Crippen LogP contribution in [-0.2, 0) is 27.3 Å². The molecule has 0 aliphatic heterocycles. The first-order valence-corrected chi connectivity index (χ1v) is 9.93. The number of carbonyl (C=O) groups excluding carboxylic acids is 3. The van der Waals surface area contributed by atoms with Crippen molar-refractivity contribution < 1.29 is 19.1 Å². The second-order valence-corrected chi connectivity index (χ2v) is 7.51. The number of aromatic nitrogens is 2. The number of hydrazine groups is 1. The van der Waals surface area contributed by atoms with Gasteiger partial charge in [0.2, 0.25) is 5.91 Å². The summed E-state index contributed by atoms with van der Waals surface area (Å²) >= 11 is 1.08. The fourth-order valence-electron chi connectivity index (χ4n) is 2.79. The molecule has 0 unspecified atom stereocenters. The van der Waals surface area contributed by atoms with Crippen LogP contribution < -0.4 is 16.4 Å². The molecule has 30 heavy (non-hydrogen) atoms. The van der Waals surface area contributed by atoms with Crippen molar-refractivity contribution in [2.45, 2.75) is 26.8 Å². The molecule has 10 heteroatoms. The molecule has 2 N–H and O–H groups in total. The van der Waals surface area contributed by atoms with E-state index in [-0.39, 0.29) is 18.5 Å². The Kier molecular flexibility index (Phi) is 6.58. The SMILES string of the molecule is CC(=O)NNC(=O)Cn1cnc2sc(C(=O)OCCc3ccccc3)c(C)c2c1=O. The van der Waals surface area contributed by atoms with Crippen LogP contribution in [0.1, 0.15) is 27.7 Å². The number of thiophene rings is 1. The third-order valence-electron chi connectivity index (χ3n) is 4.26. The number of hydrogen-bond donors (Lipinski definition) is 2. The first-order chi connectivity index (χ1) is 14.4. The van der Waals surface area contributed by atoms with Gasteiger partial charge in [-0.15, -0.1) is 11.3 Å². The molecule has 0 saturated carbocycles. The van der Waals surface area contributed by atoms with Crippen molar-refractivity contribution in [2.75, 3.05) is 6.61 Å². The van der Waals surface area contributed by atoms with Gasteiger partial charge in [-0.3, -0.25) is 29.8 Å². The number of carbonyl (C=O) groups is 3. The smallest absolute Gasteiger partial charge is 0.348 e. The van der Waals surface area contributed by atoms with E-state index in [1.54, 1.807) is 6.92 Å². The maximum Gasteiger partial charge on any atom is 0.348 e. The summed E-state index contributed by atoms with van der Waals surface area (Å²) in [6.45, 7) is 2.79. The molecule has 3 rings (SSSR count). The molecule has 2 aromatic heterocycles. The van der Waals surface area contributed by atoms with Gasteiger partial charge in [0, 0.05) is 13.3 Å². The molecule has 0 atom stereocenters. The monoisotopic (exact) mass is 428 g/mol. The lowest BCUT2D eigenvalue weighted by molar-refractivity contribution is -0.128. The van der Waals surface area contributed by atoms with Gasteiger partial charge in [0.25, 0.3) is 11.5 Å².